The molecule has 1 aromatic rings. The van der Waals surface area contributed by atoms with Crippen LogP contribution in [0.4, 0.5) is 0 Å². The lowest BCUT2D eigenvalue weighted by molar-refractivity contribution is 0.438. The van der Waals surface area contributed by atoms with Crippen LogP contribution in [0.25, 0.3) is 0 Å². The van der Waals surface area contributed by atoms with Crippen molar-refractivity contribution in [1.29, 1.82) is 0 Å². The van der Waals surface area contributed by atoms with E-state index >= 15 is 0 Å². The molecule has 0 aliphatic carbocycles. The lowest BCUT2D eigenvalue weighted by Crippen LogP contribution is -2.17. The second-order valence-corrected chi connectivity index (χ2v) is 3.69. The molecule has 1 aromatic heterocycles. The molecule has 86 valence electrons. The topological polar surface area (TPSA) is 51.0 Å². The van der Waals surface area contributed by atoms with Crippen LogP contribution < -0.4 is 5.32 Å². The van der Waals surface area contributed by atoms with Crippen molar-refractivity contribution >= 4 is 0 Å². The highest BCUT2D eigenvalue weighted by atomic mass is 16.4. The molecule has 0 spiro atoms. The van der Waals surface area contributed by atoms with Gasteiger partial charge in [0.15, 0.2) is 0 Å². The van der Waals surface area contributed by atoms with E-state index in [1.807, 2.05) is 0 Å². The van der Waals surface area contributed by atoms with Gasteiger partial charge in [0.1, 0.15) is 0 Å². The van der Waals surface area contributed by atoms with Gasteiger partial charge in [0.25, 0.3) is 0 Å². The second-order valence-electron chi connectivity index (χ2n) is 3.69. The van der Waals surface area contributed by atoms with E-state index in [0.29, 0.717) is 0 Å². The summed E-state index contributed by atoms with van der Waals surface area (Å²) in [5, 5.41) is 11.3. The molecule has 0 bridgehead atoms. The lowest BCUT2D eigenvalue weighted by Gasteiger charge is -1.98. The van der Waals surface area contributed by atoms with Gasteiger partial charge in [0.05, 0.1) is 0 Å². The Morgan fingerprint density at radius 3 is 2.40 bits per heavy atom. The summed E-state index contributed by atoms with van der Waals surface area (Å²) in [6.07, 6.45) is 5.18. The number of nitrogens with zero attached hydrogens (tertiary/aromatic N) is 2. The van der Waals surface area contributed by atoms with Crippen LogP contribution in [0.15, 0.2) is 4.42 Å². The summed E-state index contributed by atoms with van der Waals surface area (Å²) < 4.78 is 5.50. The first-order valence-electron chi connectivity index (χ1n) is 5.88. The third-order valence-electron chi connectivity index (χ3n) is 2.20. The molecule has 0 fully saturated rings. The first-order chi connectivity index (χ1) is 7.36. The summed E-state index contributed by atoms with van der Waals surface area (Å²) >= 11 is 0. The van der Waals surface area contributed by atoms with Crippen LogP contribution in [-0.4, -0.2) is 23.3 Å². The minimum atomic E-state index is 0.754. The van der Waals surface area contributed by atoms with E-state index < -0.39 is 0 Å². The molecule has 15 heavy (non-hydrogen) atoms. The van der Waals surface area contributed by atoms with E-state index in [1.165, 1.54) is 0 Å². The molecule has 0 aliphatic heterocycles. The van der Waals surface area contributed by atoms with Crippen LogP contribution >= 0.6 is 0 Å². The summed E-state index contributed by atoms with van der Waals surface area (Å²) in [7, 11) is 0. The number of nitrogens with one attached hydrogen (secondary N) is 1. The predicted molar refractivity (Wildman–Crippen MR) is 59.8 cm³/mol. The van der Waals surface area contributed by atoms with Gasteiger partial charge in [-0.3, -0.25) is 0 Å². The fraction of sp³-hybridized carbons (Fsp3) is 0.818. The molecule has 0 aliphatic rings. The monoisotopic (exact) mass is 211 g/mol. The number of hydrogen-bond acceptors (Lipinski definition) is 4. The fourth-order valence-corrected chi connectivity index (χ4v) is 1.32. The van der Waals surface area contributed by atoms with Crippen LogP contribution in [0.2, 0.25) is 0 Å². The first kappa shape index (κ1) is 12.2. The van der Waals surface area contributed by atoms with E-state index in [1.54, 1.807) is 0 Å². The third-order valence-corrected chi connectivity index (χ3v) is 2.20. The zero-order chi connectivity index (χ0) is 10.9. The van der Waals surface area contributed by atoms with Gasteiger partial charge >= 0.3 is 0 Å². The smallest absolute Gasteiger partial charge is 0.217 e. The Balaban J connectivity index is 2.20. The summed E-state index contributed by atoms with van der Waals surface area (Å²) in [4.78, 5) is 0. The molecule has 0 radical (unpaired) electrons. The van der Waals surface area contributed by atoms with Crippen molar-refractivity contribution in [3.05, 3.63) is 11.8 Å². The molecule has 1 rings (SSSR count). The van der Waals surface area contributed by atoms with Gasteiger partial charge in [-0.2, -0.15) is 0 Å². The van der Waals surface area contributed by atoms with Crippen LogP contribution in [0, 0.1) is 0 Å². The van der Waals surface area contributed by atoms with Gasteiger partial charge in [0, 0.05) is 19.4 Å². The maximum atomic E-state index is 5.50. The molecular formula is C11H21N3O. The average Bonchev–Trinajstić information content (AvgIpc) is 2.69. The van der Waals surface area contributed by atoms with E-state index in [4.69, 9.17) is 4.42 Å². The summed E-state index contributed by atoms with van der Waals surface area (Å²) in [5.74, 6) is 1.53. The first-order valence-corrected chi connectivity index (χ1v) is 5.88. The van der Waals surface area contributed by atoms with Crippen LogP contribution in [0.5, 0.6) is 0 Å². The summed E-state index contributed by atoms with van der Waals surface area (Å²) in [5.41, 5.74) is 0. The summed E-state index contributed by atoms with van der Waals surface area (Å²) in [6, 6.07) is 0. The van der Waals surface area contributed by atoms with Crippen molar-refractivity contribution in [3.63, 3.8) is 0 Å². The Kier molecular flexibility index (Phi) is 6.00. The number of hydrogen-bond donors (Lipinski definition) is 1. The van der Waals surface area contributed by atoms with Crippen molar-refractivity contribution < 1.29 is 4.42 Å². The van der Waals surface area contributed by atoms with Crippen LogP contribution in [0.3, 0.4) is 0 Å². The minimum Gasteiger partial charge on any atom is -0.425 e. The van der Waals surface area contributed by atoms with Gasteiger partial charge in [-0.15, -0.1) is 10.2 Å². The zero-order valence-corrected chi connectivity index (χ0v) is 9.75. The Morgan fingerprint density at radius 2 is 1.73 bits per heavy atom. The highest BCUT2D eigenvalue weighted by Crippen LogP contribution is 2.04. The molecule has 0 aromatic carbocycles. The number of aromatic nitrogens is 2. The summed E-state index contributed by atoms with van der Waals surface area (Å²) in [6.45, 7) is 6.29. The molecule has 0 saturated carbocycles. The van der Waals surface area contributed by atoms with Crippen molar-refractivity contribution in [3.8, 4) is 0 Å². The molecule has 4 nitrogen and oxygen atoms in total. The standard InChI is InChI=1S/C11H21N3O/c1-3-5-6-10-13-14-11(15-10)7-9-12-8-4-2/h12H,3-9H2,1-2H3. The maximum absolute atomic E-state index is 5.50. The van der Waals surface area contributed by atoms with Crippen molar-refractivity contribution in [2.45, 2.75) is 46.0 Å². The molecule has 0 amide bonds. The van der Waals surface area contributed by atoms with Gasteiger partial charge in [0.2, 0.25) is 11.8 Å². The zero-order valence-electron chi connectivity index (χ0n) is 9.75. The van der Waals surface area contributed by atoms with Gasteiger partial charge in [-0.1, -0.05) is 20.3 Å². The molecule has 1 heterocycles. The number of aryl methyl sites for hydroxylation is 1. The molecule has 0 atom stereocenters. The Hall–Kier alpha value is -0.900. The molecule has 0 saturated heterocycles. The maximum Gasteiger partial charge on any atom is 0.217 e. The highest BCUT2D eigenvalue weighted by Gasteiger charge is 2.04. The Labute approximate surface area is 91.5 Å². The molecule has 0 unspecified atom stereocenters. The Morgan fingerprint density at radius 1 is 1.00 bits per heavy atom. The van der Waals surface area contributed by atoms with E-state index in [0.717, 1.165) is 57.0 Å². The largest absolute Gasteiger partial charge is 0.425 e. The normalized spacial score (nSPS) is 10.8. The molecular weight excluding hydrogens is 190 g/mol. The van der Waals surface area contributed by atoms with E-state index in [-0.39, 0.29) is 0 Å². The highest BCUT2D eigenvalue weighted by molar-refractivity contribution is 4.82. The lowest BCUT2D eigenvalue weighted by atomic mass is 10.2. The Bertz CT molecular complexity index is 260. The van der Waals surface area contributed by atoms with Crippen LogP contribution in [-0.2, 0) is 12.8 Å². The van der Waals surface area contributed by atoms with E-state index in [2.05, 4.69) is 29.4 Å². The SMILES string of the molecule is CCCCc1nnc(CCNCCC)o1. The molecule has 4 heteroatoms. The van der Waals surface area contributed by atoms with Crippen molar-refractivity contribution in [2.24, 2.45) is 0 Å². The minimum absolute atomic E-state index is 0.754. The molecule has 1 N–H and O–H groups in total. The van der Waals surface area contributed by atoms with Crippen LogP contribution in [0.1, 0.15) is 44.9 Å². The van der Waals surface area contributed by atoms with Gasteiger partial charge in [-0.25, -0.2) is 0 Å². The van der Waals surface area contributed by atoms with E-state index in [9.17, 15) is 0 Å². The van der Waals surface area contributed by atoms with Crippen molar-refractivity contribution in [2.75, 3.05) is 13.1 Å². The number of unbranched alkanes of at least 4 members (excludes halogenated alkanes) is 1. The second kappa shape index (κ2) is 7.40. The average molecular weight is 211 g/mol. The van der Waals surface area contributed by atoms with Gasteiger partial charge in [-0.05, 0) is 19.4 Å². The third kappa shape index (κ3) is 4.93. The predicted octanol–water partition coefficient (Wildman–Crippen LogP) is 1.95. The van der Waals surface area contributed by atoms with Gasteiger partial charge < -0.3 is 9.73 Å². The number of rotatable bonds is 8. The fourth-order valence-electron chi connectivity index (χ4n) is 1.32. The van der Waals surface area contributed by atoms with Crippen molar-refractivity contribution in [1.82, 2.24) is 15.5 Å². The quantitative estimate of drug-likeness (QED) is 0.668.